The van der Waals surface area contributed by atoms with Crippen molar-refractivity contribution in [2.75, 3.05) is 46.8 Å². The Labute approximate surface area is 148 Å². The normalized spacial score (nSPS) is 10.9. The number of hydrogen-bond donors (Lipinski definition) is 0. The van der Waals surface area contributed by atoms with Crippen molar-refractivity contribution in [2.24, 2.45) is 0 Å². The first-order chi connectivity index (χ1) is 11.8. The van der Waals surface area contributed by atoms with Crippen LogP contribution in [0.3, 0.4) is 0 Å². The minimum atomic E-state index is -0.191. The van der Waals surface area contributed by atoms with Crippen LogP contribution in [0.4, 0.5) is 0 Å². The summed E-state index contributed by atoms with van der Waals surface area (Å²) >= 11 is 0. The molecule has 5 nitrogen and oxygen atoms in total. The third kappa shape index (κ3) is 19.4. The van der Waals surface area contributed by atoms with Gasteiger partial charge in [-0.1, -0.05) is 51.9 Å². The predicted molar refractivity (Wildman–Crippen MR) is 96.3 cm³/mol. The van der Waals surface area contributed by atoms with Crippen LogP contribution in [-0.4, -0.2) is 52.7 Å². The molecule has 144 valence electrons. The van der Waals surface area contributed by atoms with E-state index in [9.17, 15) is 4.79 Å². The van der Waals surface area contributed by atoms with E-state index in [1.807, 2.05) is 0 Å². The van der Waals surface area contributed by atoms with Gasteiger partial charge in [-0.05, 0) is 12.8 Å². The highest BCUT2D eigenvalue weighted by atomic mass is 16.5. The molecule has 0 unspecified atom stereocenters. The van der Waals surface area contributed by atoms with Gasteiger partial charge in [-0.3, -0.25) is 4.79 Å². The van der Waals surface area contributed by atoms with Crippen molar-refractivity contribution in [3.63, 3.8) is 0 Å². The second-order valence-electron chi connectivity index (χ2n) is 5.99. The van der Waals surface area contributed by atoms with Gasteiger partial charge in [0.15, 0.2) is 0 Å². The molecular formula is C19H38O5. The Morgan fingerprint density at radius 1 is 0.625 bits per heavy atom. The predicted octanol–water partition coefficient (Wildman–Crippen LogP) is 4.13. The first kappa shape index (κ1) is 23.4. The van der Waals surface area contributed by atoms with Crippen LogP contribution < -0.4 is 0 Å². The number of esters is 1. The number of carbonyl (C=O) groups is 1. The number of methoxy groups -OCH3 is 1. The van der Waals surface area contributed by atoms with Gasteiger partial charge in [0.1, 0.15) is 0 Å². The molecule has 0 atom stereocenters. The summed E-state index contributed by atoms with van der Waals surface area (Å²) in [5, 5.41) is 0. The van der Waals surface area contributed by atoms with Gasteiger partial charge in [0.05, 0.1) is 33.5 Å². The summed E-state index contributed by atoms with van der Waals surface area (Å²) in [7, 11) is 1.40. The van der Waals surface area contributed by atoms with Gasteiger partial charge in [-0.15, -0.1) is 0 Å². The number of ether oxygens (including phenoxy) is 4. The quantitative estimate of drug-likeness (QED) is 0.260. The zero-order valence-electron chi connectivity index (χ0n) is 15.9. The Morgan fingerprint density at radius 2 is 1.08 bits per heavy atom. The summed E-state index contributed by atoms with van der Waals surface area (Å²) in [6, 6.07) is 0. The number of rotatable bonds is 19. The Kier molecular flexibility index (Phi) is 19.8. The van der Waals surface area contributed by atoms with E-state index in [0.29, 0.717) is 45.9 Å². The van der Waals surface area contributed by atoms with Gasteiger partial charge >= 0.3 is 5.97 Å². The van der Waals surface area contributed by atoms with Crippen LogP contribution in [0.1, 0.15) is 71.1 Å². The average molecular weight is 347 g/mol. The lowest BCUT2D eigenvalue weighted by Crippen LogP contribution is -2.11. The van der Waals surface area contributed by atoms with Crippen LogP contribution in [-0.2, 0) is 23.7 Å². The van der Waals surface area contributed by atoms with Gasteiger partial charge in [0.2, 0.25) is 0 Å². The van der Waals surface area contributed by atoms with E-state index in [1.165, 1.54) is 52.1 Å². The standard InChI is InChI=1S/C19H38O5/c1-3-4-5-6-7-8-9-10-13-22-15-17-24-18-16-23-14-11-12-19(20)21-2/h3-18H2,1-2H3. The van der Waals surface area contributed by atoms with Crippen molar-refractivity contribution in [2.45, 2.75) is 71.1 Å². The number of hydrogen-bond acceptors (Lipinski definition) is 5. The van der Waals surface area contributed by atoms with E-state index in [2.05, 4.69) is 11.7 Å². The molecule has 0 fully saturated rings. The van der Waals surface area contributed by atoms with Crippen molar-refractivity contribution in [1.82, 2.24) is 0 Å². The minimum absolute atomic E-state index is 0.191. The Morgan fingerprint density at radius 3 is 1.62 bits per heavy atom. The molecule has 5 heteroatoms. The first-order valence-electron chi connectivity index (χ1n) is 9.61. The van der Waals surface area contributed by atoms with E-state index in [4.69, 9.17) is 14.2 Å². The largest absolute Gasteiger partial charge is 0.469 e. The fourth-order valence-corrected chi connectivity index (χ4v) is 2.30. The maximum atomic E-state index is 10.9. The van der Waals surface area contributed by atoms with E-state index >= 15 is 0 Å². The van der Waals surface area contributed by atoms with Crippen LogP contribution in [0.15, 0.2) is 0 Å². The van der Waals surface area contributed by atoms with E-state index in [1.54, 1.807) is 0 Å². The number of unbranched alkanes of at least 4 members (excludes halogenated alkanes) is 7. The smallest absolute Gasteiger partial charge is 0.305 e. The van der Waals surface area contributed by atoms with Crippen LogP contribution >= 0.6 is 0 Å². The second kappa shape index (κ2) is 20.4. The van der Waals surface area contributed by atoms with E-state index in [0.717, 1.165) is 13.0 Å². The molecule has 0 spiro atoms. The molecule has 0 bridgehead atoms. The summed E-state index contributed by atoms with van der Waals surface area (Å²) in [6.45, 7) is 6.04. The molecule has 0 heterocycles. The van der Waals surface area contributed by atoms with E-state index in [-0.39, 0.29) is 5.97 Å². The van der Waals surface area contributed by atoms with Crippen molar-refractivity contribution < 1.29 is 23.7 Å². The van der Waals surface area contributed by atoms with Crippen molar-refractivity contribution in [3.05, 3.63) is 0 Å². The molecule has 0 N–H and O–H groups in total. The molecule has 0 radical (unpaired) electrons. The highest BCUT2D eigenvalue weighted by Gasteiger charge is 1.99. The molecule has 0 aromatic heterocycles. The van der Waals surface area contributed by atoms with Gasteiger partial charge in [0.25, 0.3) is 0 Å². The molecule has 0 aliphatic rings. The van der Waals surface area contributed by atoms with Crippen molar-refractivity contribution >= 4 is 5.97 Å². The Balaban J connectivity index is 2.99. The highest BCUT2D eigenvalue weighted by Crippen LogP contribution is 2.08. The van der Waals surface area contributed by atoms with Gasteiger partial charge in [0, 0.05) is 19.6 Å². The van der Waals surface area contributed by atoms with Gasteiger partial charge < -0.3 is 18.9 Å². The number of carbonyl (C=O) groups excluding carboxylic acids is 1. The van der Waals surface area contributed by atoms with Crippen molar-refractivity contribution in [1.29, 1.82) is 0 Å². The molecule has 0 aliphatic heterocycles. The van der Waals surface area contributed by atoms with Gasteiger partial charge in [-0.2, -0.15) is 0 Å². The molecule has 0 aromatic rings. The topological polar surface area (TPSA) is 54.0 Å². The molecule has 0 saturated carbocycles. The van der Waals surface area contributed by atoms with E-state index < -0.39 is 0 Å². The Hall–Kier alpha value is -0.650. The lowest BCUT2D eigenvalue weighted by Gasteiger charge is -2.07. The molecule has 0 saturated heterocycles. The summed E-state index contributed by atoms with van der Waals surface area (Å²) < 4.78 is 20.9. The summed E-state index contributed by atoms with van der Waals surface area (Å²) in [5.41, 5.74) is 0. The highest BCUT2D eigenvalue weighted by molar-refractivity contribution is 5.68. The molecule has 0 aliphatic carbocycles. The first-order valence-corrected chi connectivity index (χ1v) is 9.61. The lowest BCUT2D eigenvalue weighted by atomic mass is 10.1. The van der Waals surface area contributed by atoms with Crippen LogP contribution in [0, 0.1) is 0 Å². The average Bonchev–Trinajstić information content (AvgIpc) is 2.60. The van der Waals surface area contributed by atoms with Crippen molar-refractivity contribution in [3.8, 4) is 0 Å². The summed E-state index contributed by atoms with van der Waals surface area (Å²) in [5.74, 6) is -0.191. The molecule has 24 heavy (non-hydrogen) atoms. The third-order valence-corrected chi connectivity index (χ3v) is 3.78. The second-order valence-corrected chi connectivity index (χ2v) is 5.99. The summed E-state index contributed by atoms with van der Waals surface area (Å²) in [6.07, 6.45) is 11.7. The zero-order valence-corrected chi connectivity index (χ0v) is 15.9. The molecular weight excluding hydrogens is 308 g/mol. The monoisotopic (exact) mass is 346 g/mol. The minimum Gasteiger partial charge on any atom is -0.469 e. The fourth-order valence-electron chi connectivity index (χ4n) is 2.30. The molecule has 0 amide bonds. The fraction of sp³-hybridized carbons (Fsp3) is 0.947. The maximum Gasteiger partial charge on any atom is 0.305 e. The van der Waals surface area contributed by atoms with Gasteiger partial charge in [-0.25, -0.2) is 0 Å². The SMILES string of the molecule is CCCCCCCCCCOCCOCCOCCCC(=O)OC. The molecule has 0 rings (SSSR count). The van der Waals surface area contributed by atoms with Crippen LogP contribution in [0.2, 0.25) is 0 Å². The third-order valence-electron chi connectivity index (χ3n) is 3.78. The summed E-state index contributed by atoms with van der Waals surface area (Å²) in [4.78, 5) is 10.9. The molecule has 0 aromatic carbocycles. The van der Waals surface area contributed by atoms with Crippen LogP contribution in [0.5, 0.6) is 0 Å². The zero-order chi connectivity index (χ0) is 17.7. The van der Waals surface area contributed by atoms with Crippen LogP contribution in [0.25, 0.3) is 0 Å². The lowest BCUT2D eigenvalue weighted by molar-refractivity contribution is -0.141. The Bertz CT molecular complexity index is 258. The maximum absolute atomic E-state index is 10.9.